The van der Waals surface area contributed by atoms with Gasteiger partial charge in [0.05, 0.1) is 0 Å². The quantitative estimate of drug-likeness (QED) is 0.102. The van der Waals surface area contributed by atoms with Crippen molar-refractivity contribution in [2.45, 2.75) is 26.7 Å². The second-order valence-corrected chi connectivity index (χ2v) is 15.2. The summed E-state index contributed by atoms with van der Waals surface area (Å²) in [5.41, 5.74) is 17.4. The molecule has 0 radical (unpaired) electrons. The Balaban J connectivity index is 0.903. The van der Waals surface area contributed by atoms with Crippen LogP contribution < -0.4 is 9.80 Å². The van der Waals surface area contributed by atoms with Gasteiger partial charge in [0.15, 0.2) is 0 Å². The number of aryl methyl sites for hydroxylation is 1. The minimum absolute atomic E-state index is 1.06. The van der Waals surface area contributed by atoms with E-state index in [0.717, 1.165) is 74.8 Å². The van der Waals surface area contributed by atoms with Crippen LogP contribution in [0, 0.1) is 0 Å². The molecular formula is C58H50N2. The number of benzene rings is 8. The highest BCUT2D eigenvalue weighted by atomic mass is 15.1. The van der Waals surface area contributed by atoms with Crippen molar-refractivity contribution in [3.05, 3.63) is 246 Å². The van der Waals surface area contributed by atoms with Crippen molar-refractivity contribution in [1.82, 2.24) is 0 Å². The summed E-state index contributed by atoms with van der Waals surface area (Å²) in [7, 11) is 0. The summed E-state index contributed by atoms with van der Waals surface area (Å²) >= 11 is 0. The molecule has 2 heteroatoms. The summed E-state index contributed by atoms with van der Waals surface area (Å²) in [6, 6.07) is 73.7. The fourth-order valence-electron chi connectivity index (χ4n) is 7.47. The van der Waals surface area contributed by atoms with Gasteiger partial charge in [-0.3, -0.25) is 0 Å². The number of hydrogen-bond donors (Lipinski definition) is 0. The Kier molecular flexibility index (Phi) is 12.4. The van der Waals surface area contributed by atoms with Gasteiger partial charge in [-0.2, -0.15) is 0 Å². The van der Waals surface area contributed by atoms with Gasteiger partial charge in [-0.1, -0.05) is 183 Å². The predicted molar refractivity (Wildman–Crippen MR) is 261 cm³/mol. The highest BCUT2D eigenvalue weighted by Crippen LogP contribution is 2.36. The molecule has 0 fully saturated rings. The lowest BCUT2D eigenvalue weighted by atomic mass is 10.0. The maximum Gasteiger partial charge on any atom is 0.0462 e. The summed E-state index contributed by atoms with van der Waals surface area (Å²) in [5.74, 6) is 0. The SMILES string of the molecule is C=C(C)c1ccc(N(c2ccccc2)c2ccc(/C=C/c3ccc(-c4ccc(/C=C/c5ccc(N(c6ccccc6)c6ccc(CCC)cc6)cc5)cc4)cc3)cc2)cc1. The molecular weight excluding hydrogens is 725 g/mol. The van der Waals surface area contributed by atoms with Gasteiger partial charge in [0.1, 0.15) is 0 Å². The third-order valence-electron chi connectivity index (χ3n) is 10.8. The van der Waals surface area contributed by atoms with Crippen LogP contribution in [0.25, 0.3) is 41.0 Å². The van der Waals surface area contributed by atoms with Crippen LogP contribution in [0.5, 0.6) is 0 Å². The lowest BCUT2D eigenvalue weighted by Crippen LogP contribution is -2.09. The third-order valence-corrected chi connectivity index (χ3v) is 10.8. The molecule has 0 spiro atoms. The van der Waals surface area contributed by atoms with Crippen LogP contribution in [0.15, 0.2) is 213 Å². The van der Waals surface area contributed by atoms with E-state index in [-0.39, 0.29) is 0 Å². The van der Waals surface area contributed by atoms with Crippen LogP contribution in [0.3, 0.4) is 0 Å². The Morgan fingerprint density at radius 1 is 0.383 bits per heavy atom. The zero-order valence-corrected chi connectivity index (χ0v) is 34.5. The Morgan fingerprint density at radius 2 is 0.683 bits per heavy atom. The van der Waals surface area contributed by atoms with E-state index in [2.05, 4.69) is 254 Å². The fourth-order valence-corrected chi connectivity index (χ4v) is 7.47. The van der Waals surface area contributed by atoms with Crippen LogP contribution in [0.4, 0.5) is 34.1 Å². The highest BCUT2D eigenvalue weighted by Gasteiger charge is 2.14. The molecule has 0 atom stereocenters. The second-order valence-electron chi connectivity index (χ2n) is 15.2. The van der Waals surface area contributed by atoms with E-state index in [1.807, 2.05) is 6.92 Å². The Morgan fingerprint density at radius 3 is 1.02 bits per heavy atom. The molecule has 0 amide bonds. The zero-order chi connectivity index (χ0) is 41.1. The van der Waals surface area contributed by atoms with E-state index in [0.29, 0.717) is 0 Å². The van der Waals surface area contributed by atoms with Crippen LogP contribution in [0.1, 0.15) is 53.6 Å². The van der Waals surface area contributed by atoms with E-state index in [1.165, 1.54) is 22.3 Å². The molecule has 292 valence electrons. The van der Waals surface area contributed by atoms with Gasteiger partial charge in [0.25, 0.3) is 0 Å². The van der Waals surface area contributed by atoms with E-state index in [1.54, 1.807) is 0 Å². The molecule has 0 aliphatic heterocycles. The molecule has 0 N–H and O–H groups in total. The predicted octanol–water partition coefficient (Wildman–Crippen LogP) is 16.6. The molecule has 0 unspecified atom stereocenters. The average Bonchev–Trinajstić information content (AvgIpc) is 3.30. The van der Waals surface area contributed by atoms with E-state index >= 15 is 0 Å². The van der Waals surface area contributed by atoms with E-state index in [4.69, 9.17) is 0 Å². The first-order chi connectivity index (χ1) is 29.5. The lowest BCUT2D eigenvalue weighted by molar-refractivity contribution is 0.922. The first-order valence-electron chi connectivity index (χ1n) is 20.8. The van der Waals surface area contributed by atoms with Crippen LogP contribution >= 0.6 is 0 Å². The number of para-hydroxylation sites is 2. The van der Waals surface area contributed by atoms with Gasteiger partial charge in [-0.05, 0) is 131 Å². The van der Waals surface area contributed by atoms with E-state index in [9.17, 15) is 0 Å². The van der Waals surface area contributed by atoms with Crippen molar-refractivity contribution >= 4 is 64.0 Å². The maximum atomic E-state index is 4.10. The van der Waals surface area contributed by atoms with Crippen molar-refractivity contribution in [3.63, 3.8) is 0 Å². The van der Waals surface area contributed by atoms with Gasteiger partial charge < -0.3 is 9.80 Å². The minimum atomic E-state index is 1.06. The number of nitrogens with zero attached hydrogens (tertiary/aromatic N) is 2. The number of rotatable bonds is 14. The Bertz CT molecular complexity index is 2660. The molecule has 0 aliphatic carbocycles. The molecule has 0 saturated heterocycles. The van der Waals surface area contributed by atoms with Gasteiger partial charge >= 0.3 is 0 Å². The van der Waals surface area contributed by atoms with Gasteiger partial charge in [0, 0.05) is 34.1 Å². The van der Waals surface area contributed by atoms with E-state index < -0.39 is 0 Å². The van der Waals surface area contributed by atoms with Crippen molar-refractivity contribution in [1.29, 1.82) is 0 Å². The van der Waals surface area contributed by atoms with Crippen LogP contribution in [-0.2, 0) is 6.42 Å². The minimum Gasteiger partial charge on any atom is -0.311 e. The molecule has 0 heterocycles. The molecule has 0 bridgehead atoms. The van der Waals surface area contributed by atoms with Gasteiger partial charge in [0.2, 0.25) is 0 Å². The first kappa shape index (κ1) is 39.4. The molecule has 2 nitrogen and oxygen atoms in total. The molecule has 0 saturated carbocycles. The molecule has 8 aromatic rings. The van der Waals surface area contributed by atoms with Crippen molar-refractivity contribution < 1.29 is 0 Å². The van der Waals surface area contributed by atoms with Gasteiger partial charge in [-0.15, -0.1) is 0 Å². The Labute approximate surface area is 356 Å². The van der Waals surface area contributed by atoms with Crippen molar-refractivity contribution in [2.75, 3.05) is 9.80 Å². The number of anilines is 6. The van der Waals surface area contributed by atoms with Crippen molar-refractivity contribution in [2.24, 2.45) is 0 Å². The van der Waals surface area contributed by atoms with Gasteiger partial charge in [-0.25, -0.2) is 0 Å². The molecule has 8 aromatic carbocycles. The summed E-state index contributed by atoms with van der Waals surface area (Å²) in [6.45, 7) is 8.36. The second kappa shape index (κ2) is 18.9. The smallest absolute Gasteiger partial charge is 0.0462 e. The zero-order valence-electron chi connectivity index (χ0n) is 34.5. The highest BCUT2D eigenvalue weighted by molar-refractivity contribution is 5.81. The third kappa shape index (κ3) is 9.64. The van der Waals surface area contributed by atoms with Crippen LogP contribution in [-0.4, -0.2) is 0 Å². The average molecular weight is 775 g/mol. The normalized spacial score (nSPS) is 11.2. The standard InChI is InChI=1S/C58H50N2/c1-4-11-45-24-36-55(37-25-45)59(53-12-7-5-8-13-53)56-38-26-48(27-39-56)18-16-46-20-30-51(31-21-46)52-32-22-47(23-33-52)17-19-49-28-40-57(41-29-49)60(54-14-9-6-10-15-54)58-42-34-50(35-43-58)44(2)3/h5-10,12-43H,2,4,11H2,1,3H3/b18-16+,19-17+. The van der Waals surface area contributed by atoms with Crippen LogP contribution in [0.2, 0.25) is 0 Å². The molecule has 8 rings (SSSR count). The number of allylic oxidation sites excluding steroid dienone is 1. The van der Waals surface area contributed by atoms with Crippen molar-refractivity contribution in [3.8, 4) is 11.1 Å². The molecule has 60 heavy (non-hydrogen) atoms. The largest absolute Gasteiger partial charge is 0.311 e. The lowest BCUT2D eigenvalue weighted by Gasteiger charge is -2.25. The monoisotopic (exact) mass is 774 g/mol. The Hall–Kier alpha value is -7.42. The summed E-state index contributed by atoms with van der Waals surface area (Å²) in [5, 5.41) is 0. The number of hydrogen-bond acceptors (Lipinski definition) is 2. The maximum absolute atomic E-state index is 4.10. The first-order valence-corrected chi connectivity index (χ1v) is 20.8. The summed E-state index contributed by atoms with van der Waals surface area (Å²) in [6.07, 6.45) is 11.0. The topological polar surface area (TPSA) is 6.48 Å². The molecule has 0 aliphatic rings. The summed E-state index contributed by atoms with van der Waals surface area (Å²) in [4.78, 5) is 4.60. The molecule has 0 aromatic heterocycles. The summed E-state index contributed by atoms with van der Waals surface area (Å²) < 4.78 is 0. The fraction of sp³-hybridized carbons (Fsp3) is 0.0690.